The highest BCUT2D eigenvalue weighted by Gasteiger charge is 2.47. The van der Waals surface area contributed by atoms with Crippen LogP contribution in [0.25, 0.3) is 0 Å². The number of benzene rings is 1. The van der Waals surface area contributed by atoms with E-state index in [0.717, 1.165) is 25.7 Å². The second kappa shape index (κ2) is 9.39. The van der Waals surface area contributed by atoms with Crippen LogP contribution >= 0.6 is 11.6 Å². The molecule has 7 nitrogen and oxygen atoms in total. The highest BCUT2D eigenvalue weighted by atomic mass is 35.5. The summed E-state index contributed by atoms with van der Waals surface area (Å²) in [6, 6.07) is 6.27. The Morgan fingerprint density at radius 2 is 1.79 bits per heavy atom. The molecule has 156 valence electrons. The van der Waals surface area contributed by atoms with Gasteiger partial charge >= 0.3 is 5.97 Å². The van der Waals surface area contributed by atoms with Gasteiger partial charge in [-0.15, -0.1) is 0 Å². The zero-order chi connectivity index (χ0) is 21.0. The molecule has 1 N–H and O–H groups in total. The largest absolute Gasteiger partial charge is 0.469 e. The van der Waals surface area contributed by atoms with Gasteiger partial charge in [-0.05, 0) is 24.5 Å². The van der Waals surface area contributed by atoms with E-state index in [4.69, 9.17) is 16.3 Å². The molecule has 3 amide bonds. The summed E-state index contributed by atoms with van der Waals surface area (Å²) in [6.45, 7) is 0.0456. The third-order valence-corrected chi connectivity index (χ3v) is 6.05. The summed E-state index contributed by atoms with van der Waals surface area (Å²) in [5.74, 6) is -1.63. The minimum absolute atomic E-state index is 0.0287. The smallest absolute Gasteiger partial charge is 0.307 e. The predicted molar refractivity (Wildman–Crippen MR) is 106 cm³/mol. The van der Waals surface area contributed by atoms with Crippen molar-refractivity contribution in [1.82, 2.24) is 10.2 Å². The Morgan fingerprint density at radius 3 is 2.38 bits per heavy atom. The van der Waals surface area contributed by atoms with Crippen LogP contribution in [0.3, 0.4) is 0 Å². The van der Waals surface area contributed by atoms with E-state index in [-0.39, 0.29) is 48.9 Å². The lowest BCUT2D eigenvalue weighted by molar-refractivity contribution is -0.141. The third-order valence-electron chi connectivity index (χ3n) is 5.71. The van der Waals surface area contributed by atoms with Gasteiger partial charge in [-0.1, -0.05) is 42.6 Å². The van der Waals surface area contributed by atoms with Gasteiger partial charge in [0.1, 0.15) is 0 Å². The van der Waals surface area contributed by atoms with Crippen molar-refractivity contribution in [3.05, 3.63) is 34.9 Å². The maximum Gasteiger partial charge on any atom is 0.307 e. The number of esters is 1. The number of methoxy groups -OCH3 is 1. The lowest BCUT2D eigenvalue weighted by Crippen LogP contribution is -2.37. The molecule has 2 fully saturated rings. The number of fused-ring (bicyclic) bond motifs is 1. The number of imide groups is 1. The SMILES string of the molecule is COC(=O)CC(NC(=O)CCN1C(=O)C2CCCCC2C1=O)c1ccccc1Cl. The molecule has 0 aromatic heterocycles. The highest BCUT2D eigenvalue weighted by molar-refractivity contribution is 6.31. The number of hydrogen-bond donors (Lipinski definition) is 1. The fourth-order valence-electron chi connectivity index (χ4n) is 4.18. The van der Waals surface area contributed by atoms with Gasteiger partial charge in [0.05, 0.1) is 31.4 Å². The van der Waals surface area contributed by atoms with E-state index in [1.165, 1.54) is 12.0 Å². The van der Waals surface area contributed by atoms with Gasteiger partial charge in [-0.2, -0.15) is 0 Å². The van der Waals surface area contributed by atoms with Crippen LogP contribution in [0.15, 0.2) is 24.3 Å². The predicted octanol–water partition coefficient (Wildman–Crippen LogP) is 2.63. The molecule has 1 aliphatic carbocycles. The van der Waals surface area contributed by atoms with Crippen molar-refractivity contribution in [1.29, 1.82) is 0 Å². The van der Waals surface area contributed by atoms with Crippen molar-refractivity contribution in [2.24, 2.45) is 11.8 Å². The number of carbonyl (C=O) groups is 4. The van der Waals surface area contributed by atoms with Gasteiger partial charge in [-0.25, -0.2) is 0 Å². The van der Waals surface area contributed by atoms with E-state index < -0.39 is 12.0 Å². The van der Waals surface area contributed by atoms with Crippen molar-refractivity contribution in [3.8, 4) is 0 Å². The van der Waals surface area contributed by atoms with Crippen LogP contribution in [0.2, 0.25) is 5.02 Å². The molecular formula is C21H25ClN2O5. The Balaban J connectivity index is 1.63. The topological polar surface area (TPSA) is 92.8 Å². The zero-order valence-electron chi connectivity index (χ0n) is 16.4. The van der Waals surface area contributed by atoms with Crippen molar-refractivity contribution in [2.75, 3.05) is 13.7 Å². The first-order valence-electron chi connectivity index (χ1n) is 9.88. The Bertz CT molecular complexity index is 788. The number of hydrogen-bond acceptors (Lipinski definition) is 5. The summed E-state index contributed by atoms with van der Waals surface area (Å²) in [4.78, 5) is 50.6. The molecule has 0 spiro atoms. The molecule has 1 heterocycles. The van der Waals surface area contributed by atoms with Crippen molar-refractivity contribution >= 4 is 35.3 Å². The average molecular weight is 421 g/mol. The van der Waals surface area contributed by atoms with Crippen LogP contribution in [0.4, 0.5) is 0 Å². The van der Waals surface area contributed by atoms with Crippen molar-refractivity contribution < 1.29 is 23.9 Å². The molecular weight excluding hydrogens is 396 g/mol. The molecule has 8 heteroatoms. The maximum absolute atomic E-state index is 12.5. The number of carbonyl (C=O) groups excluding carboxylic acids is 4. The van der Waals surface area contributed by atoms with Gasteiger partial charge in [0.15, 0.2) is 0 Å². The molecule has 3 atom stereocenters. The number of halogens is 1. The second-order valence-corrected chi connectivity index (χ2v) is 7.90. The van der Waals surface area contributed by atoms with Gasteiger partial charge in [0, 0.05) is 18.0 Å². The molecule has 1 saturated heterocycles. The average Bonchev–Trinajstić information content (AvgIpc) is 2.96. The van der Waals surface area contributed by atoms with E-state index in [1.54, 1.807) is 24.3 Å². The number of amides is 3. The number of rotatable bonds is 7. The Morgan fingerprint density at radius 1 is 1.17 bits per heavy atom. The third kappa shape index (κ3) is 4.78. The molecule has 0 radical (unpaired) electrons. The summed E-state index contributed by atoms with van der Waals surface area (Å²) < 4.78 is 4.72. The Hall–Kier alpha value is -2.41. The number of likely N-dealkylation sites (tertiary alicyclic amines) is 1. The van der Waals surface area contributed by atoms with E-state index >= 15 is 0 Å². The summed E-state index contributed by atoms with van der Waals surface area (Å²) in [5, 5.41) is 3.21. The van der Waals surface area contributed by atoms with Crippen LogP contribution in [0, 0.1) is 11.8 Å². The van der Waals surface area contributed by atoms with Crippen LogP contribution in [0.1, 0.15) is 50.1 Å². The van der Waals surface area contributed by atoms with Gasteiger partial charge in [0.2, 0.25) is 17.7 Å². The zero-order valence-corrected chi connectivity index (χ0v) is 17.1. The Labute approximate surface area is 174 Å². The quantitative estimate of drug-likeness (QED) is 0.540. The number of ether oxygens (including phenoxy) is 1. The van der Waals surface area contributed by atoms with Crippen molar-refractivity contribution in [2.45, 2.75) is 44.6 Å². The Kier molecular flexibility index (Phi) is 6.90. The molecule has 3 rings (SSSR count). The first-order valence-corrected chi connectivity index (χ1v) is 10.3. The molecule has 3 unspecified atom stereocenters. The lowest BCUT2D eigenvalue weighted by atomic mass is 9.81. The van der Waals surface area contributed by atoms with Crippen LogP contribution < -0.4 is 5.32 Å². The first-order chi connectivity index (χ1) is 13.9. The van der Waals surface area contributed by atoms with E-state index in [2.05, 4.69) is 5.32 Å². The summed E-state index contributed by atoms with van der Waals surface area (Å²) >= 11 is 6.22. The van der Waals surface area contributed by atoms with E-state index in [9.17, 15) is 19.2 Å². The van der Waals surface area contributed by atoms with Gasteiger partial charge < -0.3 is 10.1 Å². The standard InChI is InChI=1S/C21H25ClN2O5/c1-29-19(26)12-17(15-8-4-5-9-16(15)22)23-18(25)10-11-24-20(27)13-6-2-3-7-14(13)21(24)28/h4-5,8-9,13-14,17H,2-3,6-7,10-12H2,1H3,(H,23,25). The summed E-state index contributed by atoms with van der Waals surface area (Å²) in [7, 11) is 1.28. The summed E-state index contributed by atoms with van der Waals surface area (Å²) in [5.41, 5.74) is 0.604. The fraction of sp³-hybridized carbons (Fsp3) is 0.524. The van der Waals surface area contributed by atoms with Crippen LogP contribution in [-0.2, 0) is 23.9 Å². The summed E-state index contributed by atoms with van der Waals surface area (Å²) in [6.07, 6.45) is 3.30. The minimum Gasteiger partial charge on any atom is -0.469 e. The molecule has 1 aliphatic heterocycles. The molecule has 29 heavy (non-hydrogen) atoms. The molecule has 1 saturated carbocycles. The second-order valence-electron chi connectivity index (χ2n) is 7.50. The first kappa shape index (κ1) is 21.3. The normalized spacial score (nSPS) is 22.2. The minimum atomic E-state index is -0.656. The van der Waals surface area contributed by atoms with Crippen LogP contribution in [-0.4, -0.2) is 42.2 Å². The molecule has 1 aromatic rings. The van der Waals surface area contributed by atoms with Crippen molar-refractivity contribution in [3.63, 3.8) is 0 Å². The maximum atomic E-state index is 12.5. The number of nitrogens with one attached hydrogen (secondary N) is 1. The lowest BCUT2D eigenvalue weighted by Gasteiger charge is -2.20. The molecule has 0 bridgehead atoms. The van der Waals surface area contributed by atoms with E-state index in [1.807, 2.05) is 0 Å². The van der Waals surface area contributed by atoms with Gasteiger partial charge in [-0.3, -0.25) is 24.1 Å². The molecule has 2 aliphatic rings. The molecule has 1 aromatic carbocycles. The van der Waals surface area contributed by atoms with Crippen LogP contribution in [0.5, 0.6) is 0 Å². The highest BCUT2D eigenvalue weighted by Crippen LogP contribution is 2.38. The monoisotopic (exact) mass is 420 g/mol. The number of nitrogens with zero attached hydrogens (tertiary/aromatic N) is 1. The van der Waals surface area contributed by atoms with E-state index in [0.29, 0.717) is 10.6 Å². The fourth-order valence-corrected chi connectivity index (χ4v) is 4.45. The van der Waals surface area contributed by atoms with Gasteiger partial charge in [0.25, 0.3) is 0 Å².